The number of rotatable bonds is 13. The van der Waals surface area contributed by atoms with Gasteiger partial charge in [-0.05, 0) is 68.3 Å². The van der Waals surface area contributed by atoms with E-state index in [1.54, 1.807) is 26.0 Å². The van der Waals surface area contributed by atoms with E-state index in [4.69, 9.17) is 4.74 Å². The lowest BCUT2D eigenvalue weighted by molar-refractivity contribution is -0.128. The summed E-state index contributed by atoms with van der Waals surface area (Å²) in [5.41, 5.74) is 0.193. The van der Waals surface area contributed by atoms with Crippen molar-refractivity contribution in [3.63, 3.8) is 0 Å². The number of nitrogens with zero attached hydrogens (tertiary/aromatic N) is 1. The van der Waals surface area contributed by atoms with E-state index in [9.17, 15) is 9.59 Å². The maximum absolute atomic E-state index is 11.4. The maximum Gasteiger partial charge on any atom is 0.314 e. The molecule has 0 heterocycles. The second-order valence-corrected chi connectivity index (χ2v) is 8.50. The minimum absolute atomic E-state index is 0.0782. The molecule has 1 rings (SSSR count). The predicted octanol–water partition coefficient (Wildman–Crippen LogP) is 5.36. The van der Waals surface area contributed by atoms with Crippen molar-refractivity contribution in [1.82, 2.24) is 14.9 Å². The zero-order valence-electron chi connectivity index (χ0n) is 21.3. The Balaban J connectivity index is 0. The van der Waals surface area contributed by atoms with Gasteiger partial charge in [0.05, 0.1) is 13.7 Å². The average molecular weight is 472 g/mol. The lowest BCUT2D eigenvalue weighted by atomic mass is 9.88. The van der Waals surface area contributed by atoms with Crippen LogP contribution in [-0.4, -0.2) is 56.7 Å². The van der Waals surface area contributed by atoms with Gasteiger partial charge in [0.1, 0.15) is 5.75 Å². The molecule has 0 unspecified atom stereocenters. The third-order valence-corrected chi connectivity index (χ3v) is 5.27. The van der Waals surface area contributed by atoms with Crippen LogP contribution in [0.1, 0.15) is 61.3 Å². The second-order valence-electron chi connectivity index (χ2n) is 7.33. The number of carbonyl (C=O) groups excluding carboxylic acids is 2. The molecule has 2 N–H and O–H groups in total. The van der Waals surface area contributed by atoms with Crippen LogP contribution in [0.5, 0.6) is 5.75 Å². The fraction of sp³-hybridized carbons (Fsp3) is 0.667. The molecule has 0 radical (unpaired) electrons. The van der Waals surface area contributed by atoms with Crippen molar-refractivity contribution < 1.29 is 19.1 Å². The van der Waals surface area contributed by atoms with Gasteiger partial charge in [0.15, 0.2) is 0 Å². The molecule has 0 saturated carbocycles. The van der Waals surface area contributed by atoms with Crippen LogP contribution in [0.2, 0.25) is 0 Å². The van der Waals surface area contributed by atoms with Crippen LogP contribution in [0.3, 0.4) is 0 Å². The number of ether oxygens (including phenoxy) is 2. The first kappa shape index (κ1) is 32.3. The number of methoxy groups -OCH3 is 1. The molecule has 0 saturated heterocycles. The summed E-state index contributed by atoms with van der Waals surface area (Å²) in [5.74, 6) is 0.882. The summed E-state index contributed by atoms with van der Waals surface area (Å²) < 4.78 is 11.8. The minimum atomic E-state index is -0.0782. The summed E-state index contributed by atoms with van der Waals surface area (Å²) in [4.78, 5) is 21.8. The summed E-state index contributed by atoms with van der Waals surface area (Å²) >= 11 is 1.78. The summed E-state index contributed by atoms with van der Waals surface area (Å²) in [6, 6.07) is 8.10. The van der Waals surface area contributed by atoms with Gasteiger partial charge < -0.3 is 20.1 Å². The standard InChI is InChI=1S/C19H33N3O2S.C3H6O2.C2H6/c1-6-20-18(23)21-14-8-13-19(3,4)15-22(7-2)25-17-11-9-16(24-5)10-12-17;1-2-5-3-4;1-2/h9-12H,6-8,13-15H2,1-5H3,(H2,20,21,23);3H,2H2,1H3;1-2H3. The first-order valence-corrected chi connectivity index (χ1v) is 12.2. The Kier molecular flexibility index (Phi) is 21.1. The van der Waals surface area contributed by atoms with E-state index in [-0.39, 0.29) is 11.4 Å². The quantitative estimate of drug-likeness (QED) is 0.229. The number of urea groups is 1. The summed E-state index contributed by atoms with van der Waals surface area (Å²) in [7, 11) is 1.68. The van der Waals surface area contributed by atoms with Gasteiger partial charge in [0.25, 0.3) is 6.47 Å². The maximum atomic E-state index is 11.4. The number of nitrogens with one attached hydrogen (secondary N) is 2. The Bertz CT molecular complexity index is 583. The monoisotopic (exact) mass is 471 g/mol. The molecule has 32 heavy (non-hydrogen) atoms. The van der Waals surface area contributed by atoms with Crippen molar-refractivity contribution in [2.75, 3.05) is 39.9 Å². The van der Waals surface area contributed by atoms with Gasteiger partial charge in [0, 0.05) is 31.1 Å². The molecule has 0 aliphatic heterocycles. The normalized spacial score (nSPS) is 10.2. The molecule has 0 atom stereocenters. The molecule has 8 heteroatoms. The van der Waals surface area contributed by atoms with E-state index in [2.05, 4.69) is 52.6 Å². The molecule has 0 spiro atoms. The molecule has 0 aliphatic rings. The fourth-order valence-corrected chi connectivity index (χ4v) is 3.71. The topological polar surface area (TPSA) is 79.9 Å². The highest BCUT2D eigenvalue weighted by Gasteiger charge is 2.21. The molecule has 0 aliphatic carbocycles. The van der Waals surface area contributed by atoms with Crippen molar-refractivity contribution in [3.05, 3.63) is 24.3 Å². The van der Waals surface area contributed by atoms with Crippen molar-refractivity contribution >= 4 is 24.5 Å². The van der Waals surface area contributed by atoms with Crippen molar-refractivity contribution in [2.45, 2.75) is 66.2 Å². The largest absolute Gasteiger partial charge is 0.497 e. The molecule has 1 aromatic rings. The predicted molar refractivity (Wildman–Crippen MR) is 135 cm³/mol. The molecule has 7 nitrogen and oxygen atoms in total. The number of hydrogen-bond donors (Lipinski definition) is 2. The molecule has 2 amide bonds. The molecule has 0 aromatic heterocycles. The number of hydrogen-bond acceptors (Lipinski definition) is 6. The zero-order chi connectivity index (χ0) is 24.8. The lowest BCUT2D eigenvalue weighted by Gasteiger charge is -2.31. The van der Waals surface area contributed by atoms with Gasteiger partial charge in [-0.25, -0.2) is 9.10 Å². The molecule has 1 aromatic carbocycles. The van der Waals surface area contributed by atoms with Crippen LogP contribution in [0, 0.1) is 5.41 Å². The van der Waals surface area contributed by atoms with Gasteiger partial charge in [-0.15, -0.1) is 0 Å². The fourth-order valence-electron chi connectivity index (χ4n) is 2.61. The van der Waals surface area contributed by atoms with Gasteiger partial charge in [-0.3, -0.25) is 4.79 Å². The molecule has 0 bridgehead atoms. The number of carbonyl (C=O) groups is 2. The molecule has 186 valence electrons. The SMILES string of the molecule is CC.CCNC(=O)NCCCC(C)(C)CN(CC)Sc1ccc(OC)cc1.CCOC=O. The van der Waals surface area contributed by atoms with E-state index in [0.29, 0.717) is 26.2 Å². The third kappa shape index (κ3) is 17.7. The van der Waals surface area contributed by atoms with E-state index in [1.807, 2.05) is 32.9 Å². The first-order valence-electron chi connectivity index (χ1n) is 11.5. The van der Waals surface area contributed by atoms with Gasteiger partial charge in [-0.1, -0.05) is 34.6 Å². The highest BCUT2D eigenvalue weighted by Crippen LogP contribution is 2.30. The van der Waals surface area contributed by atoms with E-state index < -0.39 is 0 Å². The van der Waals surface area contributed by atoms with Crippen molar-refractivity contribution in [1.29, 1.82) is 0 Å². The Morgan fingerprint density at radius 2 is 1.75 bits per heavy atom. The Labute approximate surface area is 200 Å². The third-order valence-electron chi connectivity index (χ3n) is 4.14. The Hall–Kier alpha value is -1.93. The average Bonchev–Trinajstić information content (AvgIpc) is 2.79. The van der Waals surface area contributed by atoms with Gasteiger partial charge >= 0.3 is 6.03 Å². The minimum Gasteiger partial charge on any atom is -0.497 e. The van der Waals surface area contributed by atoms with Crippen LogP contribution in [0.25, 0.3) is 0 Å². The number of benzene rings is 1. The van der Waals surface area contributed by atoms with Crippen molar-refractivity contribution in [2.24, 2.45) is 5.41 Å². The zero-order valence-corrected chi connectivity index (χ0v) is 22.1. The van der Waals surface area contributed by atoms with Crippen LogP contribution in [0.15, 0.2) is 29.2 Å². The smallest absolute Gasteiger partial charge is 0.314 e. The first-order chi connectivity index (χ1) is 15.3. The molecule has 0 fully saturated rings. The van der Waals surface area contributed by atoms with Gasteiger partial charge in [-0.2, -0.15) is 0 Å². The van der Waals surface area contributed by atoms with Crippen LogP contribution >= 0.6 is 11.9 Å². The lowest BCUT2D eigenvalue weighted by Crippen LogP contribution is -2.36. The van der Waals surface area contributed by atoms with Crippen LogP contribution < -0.4 is 15.4 Å². The Morgan fingerprint density at radius 1 is 1.12 bits per heavy atom. The van der Waals surface area contributed by atoms with Crippen LogP contribution in [-0.2, 0) is 9.53 Å². The Morgan fingerprint density at radius 3 is 2.19 bits per heavy atom. The summed E-state index contributed by atoms with van der Waals surface area (Å²) in [6.07, 6.45) is 2.05. The van der Waals surface area contributed by atoms with E-state index in [0.717, 1.165) is 31.7 Å². The van der Waals surface area contributed by atoms with Gasteiger partial charge in [0.2, 0.25) is 0 Å². The summed E-state index contributed by atoms with van der Waals surface area (Å²) in [6.45, 7) is 18.7. The van der Waals surface area contributed by atoms with Crippen LogP contribution in [0.4, 0.5) is 4.79 Å². The molecular formula is C24H45N3O4S. The molecular weight excluding hydrogens is 426 g/mol. The second kappa shape index (κ2) is 20.9. The summed E-state index contributed by atoms with van der Waals surface area (Å²) in [5, 5.41) is 5.64. The highest BCUT2D eigenvalue weighted by atomic mass is 32.2. The highest BCUT2D eigenvalue weighted by molar-refractivity contribution is 7.97. The van der Waals surface area contributed by atoms with Crippen molar-refractivity contribution in [3.8, 4) is 5.75 Å². The van der Waals surface area contributed by atoms with E-state index >= 15 is 0 Å². The number of amides is 2. The van der Waals surface area contributed by atoms with E-state index in [1.165, 1.54) is 4.90 Å².